The van der Waals surface area contributed by atoms with Crippen molar-refractivity contribution < 1.29 is 14.6 Å². The molecular weight excluding hydrogens is 542 g/mol. The summed E-state index contributed by atoms with van der Waals surface area (Å²) in [6, 6.07) is 10.4. The fourth-order valence-electron chi connectivity index (χ4n) is 4.82. The number of benzene rings is 2. The zero-order valence-corrected chi connectivity index (χ0v) is 22.8. The first-order valence-corrected chi connectivity index (χ1v) is 12.9. The molecule has 0 aliphatic carbocycles. The number of fused-ring (bicyclic) bond motifs is 2. The Morgan fingerprint density at radius 3 is 2.76 bits per heavy atom. The minimum atomic E-state index is -0.951. The molecule has 4 aromatic heterocycles. The zero-order chi connectivity index (χ0) is 29.7. The van der Waals surface area contributed by atoms with Crippen LogP contribution in [0.4, 0.5) is 0 Å². The number of phenolic OH excluding ortho intramolecular Hbond substituents is 1. The summed E-state index contributed by atoms with van der Waals surface area (Å²) in [4.78, 5) is 42.7. The molecule has 2 aromatic carbocycles. The number of nitrogens with zero attached hydrogens (tertiary/aromatic N) is 8. The Bertz CT molecular complexity index is 2140. The number of aromatic hydroxyl groups is 1. The average molecular weight is 568 g/mol. The second-order valence-electron chi connectivity index (χ2n) is 9.92. The molecule has 4 heterocycles. The SMILES string of the molecule is C=CCn1ccc2cc(-n3c(-c4cc(C(C)C)c(O)cc4OC(=O)c4ncn5c(=O)n(C)nnc45)n[nH]c3=O)ccc21. The molecule has 0 bridgehead atoms. The number of phenols is 1. The summed E-state index contributed by atoms with van der Waals surface area (Å²) >= 11 is 0. The van der Waals surface area contributed by atoms with Crippen LogP contribution in [0.25, 0.3) is 33.6 Å². The van der Waals surface area contributed by atoms with E-state index in [0.717, 1.165) is 26.3 Å². The molecule has 0 amide bonds. The van der Waals surface area contributed by atoms with Gasteiger partial charge in [-0.1, -0.05) is 25.1 Å². The number of rotatable bonds is 7. The van der Waals surface area contributed by atoms with Crippen LogP contribution in [0.2, 0.25) is 0 Å². The predicted molar refractivity (Wildman–Crippen MR) is 152 cm³/mol. The van der Waals surface area contributed by atoms with Gasteiger partial charge in [-0.3, -0.25) is 0 Å². The summed E-state index contributed by atoms with van der Waals surface area (Å²) in [6.07, 6.45) is 4.87. The van der Waals surface area contributed by atoms with E-state index in [-0.39, 0.29) is 40.1 Å². The Kier molecular flexibility index (Phi) is 6.29. The van der Waals surface area contributed by atoms with Gasteiger partial charge in [0, 0.05) is 36.8 Å². The number of hydrogen-bond donors (Lipinski definition) is 2. The highest BCUT2D eigenvalue weighted by Gasteiger charge is 2.25. The first-order chi connectivity index (χ1) is 20.2. The topological polar surface area (TPSA) is 167 Å². The van der Waals surface area contributed by atoms with Crippen LogP contribution in [0.15, 0.2) is 71.2 Å². The molecule has 0 saturated heterocycles. The number of aryl methyl sites for hydroxylation is 1. The number of ether oxygens (including phenoxy) is 1. The van der Waals surface area contributed by atoms with Crippen LogP contribution >= 0.6 is 0 Å². The van der Waals surface area contributed by atoms with E-state index in [1.54, 1.807) is 18.2 Å². The average Bonchev–Trinajstić information content (AvgIpc) is 3.68. The van der Waals surface area contributed by atoms with Gasteiger partial charge in [-0.15, -0.1) is 11.7 Å². The fraction of sp³-hybridized carbons (Fsp3) is 0.179. The lowest BCUT2D eigenvalue weighted by Crippen LogP contribution is -2.27. The van der Waals surface area contributed by atoms with Gasteiger partial charge >= 0.3 is 17.3 Å². The number of H-pyrrole nitrogens is 1. The first kappa shape index (κ1) is 26.4. The third-order valence-corrected chi connectivity index (χ3v) is 6.90. The molecule has 0 spiro atoms. The smallest absolute Gasteiger partial charge is 0.366 e. The van der Waals surface area contributed by atoms with Crippen LogP contribution in [-0.2, 0) is 13.6 Å². The van der Waals surface area contributed by atoms with Crippen LogP contribution in [0.5, 0.6) is 11.5 Å². The summed E-state index contributed by atoms with van der Waals surface area (Å²) < 4.78 is 11.1. The van der Waals surface area contributed by atoms with Crippen molar-refractivity contribution in [3.8, 4) is 28.6 Å². The molecule has 0 saturated carbocycles. The maximum atomic E-state index is 13.3. The number of esters is 1. The summed E-state index contributed by atoms with van der Waals surface area (Å²) in [5, 5.41) is 26.0. The normalized spacial score (nSPS) is 11.5. The van der Waals surface area contributed by atoms with Gasteiger partial charge < -0.3 is 14.4 Å². The molecule has 0 aliphatic rings. The fourth-order valence-corrected chi connectivity index (χ4v) is 4.82. The lowest BCUT2D eigenvalue weighted by molar-refractivity contribution is 0.0731. The second-order valence-corrected chi connectivity index (χ2v) is 9.92. The third kappa shape index (κ3) is 4.25. The van der Waals surface area contributed by atoms with Gasteiger partial charge in [0.2, 0.25) is 0 Å². The van der Waals surface area contributed by atoms with Crippen molar-refractivity contribution in [2.24, 2.45) is 7.05 Å². The highest BCUT2D eigenvalue weighted by Crippen LogP contribution is 2.38. The molecule has 0 fully saturated rings. The van der Waals surface area contributed by atoms with Gasteiger partial charge in [-0.2, -0.15) is 9.78 Å². The van der Waals surface area contributed by atoms with Crippen molar-refractivity contribution >= 4 is 22.5 Å². The Labute approximate surface area is 236 Å². The van der Waals surface area contributed by atoms with Gasteiger partial charge in [-0.05, 0) is 41.8 Å². The van der Waals surface area contributed by atoms with Crippen LogP contribution in [-0.4, -0.2) is 54.8 Å². The monoisotopic (exact) mass is 567 g/mol. The summed E-state index contributed by atoms with van der Waals surface area (Å²) in [7, 11) is 1.41. The molecule has 2 N–H and O–H groups in total. The van der Waals surface area contributed by atoms with Crippen LogP contribution in [0, 0.1) is 0 Å². The third-order valence-electron chi connectivity index (χ3n) is 6.90. The number of carbonyl (C=O) groups excluding carboxylic acids is 1. The minimum absolute atomic E-state index is 0.0849. The summed E-state index contributed by atoms with van der Waals surface area (Å²) in [5.41, 5.74) is 0.872. The molecule has 0 atom stereocenters. The summed E-state index contributed by atoms with van der Waals surface area (Å²) in [5.74, 6) is -1.12. The molecule has 6 rings (SSSR count). The number of nitrogens with one attached hydrogen (secondary N) is 1. The van der Waals surface area contributed by atoms with E-state index in [9.17, 15) is 19.5 Å². The maximum absolute atomic E-state index is 13.3. The highest BCUT2D eigenvalue weighted by atomic mass is 16.5. The number of hydrogen-bond acceptors (Lipinski definition) is 9. The number of aromatic nitrogens is 9. The van der Waals surface area contributed by atoms with Gasteiger partial charge in [-0.25, -0.2) is 33.4 Å². The molecule has 42 heavy (non-hydrogen) atoms. The van der Waals surface area contributed by atoms with Crippen molar-refractivity contribution in [3.63, 3.8) is 0 Å². The van der Waals surface area contributed by atoms with E-state index in [0.29, 0.717) is 17.8 Å². The van der Waals surface area contributed by atoms with E-state index >= 15 is 0 Å². The second kappa shape index (κ2) is 9.99. The Hall–Kier alpha value is -5.79. The molecule has 0 aliphatic heterocycles. The molecule has 0 radical (unpaired) electrons. The van der Waals surface area contributed by atoms with Gasteiger partial charge in [0.05, 0.1) is 11.3 Å². The molecular formula is C28H25N9O5. The van der Waals surface area contributed by atoms with E-state index in [1.165, 1.54) is 17.7 Å². The molecule has 14 nitrogen and oxygen atoms in total. The van der Waals surface area contributed by atoms with Crippen LogP contribution < -0.4 is 16.1 Å². The summed E-state index contributed by atoms with van der Waals surface area (Å²) in [6.45, 7) is 8.20. The number of allylic oxidation sites excluding steroid dienone is 1. The van der Waals surface area contributed by atoms with Crippen molar-refractivity contribution in [3.05, 3.63) is 93.8 Å². The van der Waals surface area contributed by atoms with Crippen molar-refractivity contribution in [2.45, 2.75) is 26.3 Å². The number of imidazole rings is 1. The van der Waals surface area contributed by atoms with Gasteiger partial charge in [0.1, 0.15) is 17.8 Å². The maximum Gasteiger partial charge on any atom is 0.366 e. The van der Waals surface area contributed by atoms with Gasteiger partial charge in [0.25, 0.3) is 0 Å². The first-order valence-electron chi connectivity index (χ1n) is 12.9. The zero-order valence-electron chi connectivity index (χ0n) is 22.8. The largest absolute Gasteiger partial charge is 0.508 e. The predicted octanol–water partition coefficient (Wildman–Crippen LogP) is 2.55. The van der Waals surface area contributed by atoms with Gasteiger partial charge in [0.15, 0.2) is 17.2 Å². The van der Waals surface area contributed by atoms with Crippen molar-refractivity contribution in [1.82, 2.24) is 43.7 Å². The standard InChI is InChI=1S/C28H25N9O5/c1-5-9-35-10-8-16-11-17(6-7-20(16)35)37-24(30-32-27(37)40)19-12-18(15(2)3)21(38)13-22(19)42-26(39)23-25-31-33-34(4)28(41)36(25)14-29-23/h5-8,10-15,38H,1,9H2,2-4H3,(H,32,40). The van der Waals surface area contributed by atoms with Crippen molar-refractivity contribution in [1.29, 1.82) is 0 Å². The lowest BCUT2D eigenvalue weighted by atomic mass is 9.98. The van der Waals surface area contributed by atoms with E-state index in [2.05, 4.69) is 32.1 Å². The van der Waals surface area contributed by atoms with E-state index < -0.39 is 17.3 Å². The Morgan fingerprint density at radius 1 is 1.19 bits per heavy atom. The molecule has 6 aromatic rings. The molecule has 212 valence electrons. The van der Waals surface area contributed by atoms with Crippen LogP contribution in [0.3, 0.4) is 0 Å². The number of carbonyl (C=O) groups is 1. The Morgan fingerprint density at radius 2 is 2.00 bits per heavy atom. The molecule has 0 unspecified atom stereocenters. The van der Waals surface area contributed by atoms with Crippen molar-refractivity contribution in [2.75, 3.05) is 0 Å². The highest BCUT2D eigenvalue weighted by molar-refractivity contribution is 5.96. The van der Waals surface area contributed by atoms with E-state index in [4.69, 9.17) is 4.74 Å². The quantitative estimate of drug-likeness (QED) is 0.167. The molecule has 14 heteroatoms. The number of aromatic amines is 1. The lowest BCUT2D eigenvalue weighted by Gasteiger charge is -2.15. The Balaban J connectivity index is 1.48. The van der Waals surface area contributed by atoms with Crippen LogP contribution in [0.1, 0.15) is 35.8 Å². The van der Waals surface area contributed by atoms with E-state index in [1.807, 2.05) is 42.8 Å². The minimum Gasteiger partial charge on any atom is -0.508 e.